The number of hydrogen-bond acceptors (Lipinski definition) is 4. The Morgan fingerprint density at radius 2 is 2.17 bits per heavy atom. The standard InChI is InChI=1S/C14H15N3O/c15-10-14-13-4-3-12(16-6-1-2-8-18)9-11(13)5-7-17-14/h3-5,7,9,16,18H,1-2,6,8H2. The minimum atomic E-state index is 0.233. The highest BCUT2D eigenvalue weighted by molar-refractivity contribution is 5.88. The Kier molecular flexibility index (Phi) is 4.11. The van der Waals surface area contributed by atoms with E-state index in [2.05, 4.69) is 16.4 Å². The molecule has 0 unspecified atom stereocenters. The highest BCUT2D eigenvalue weighted by Crippen LogP contribution is 2.20. The molecule has 4 nitrogen and oxygen atoms in total. The summed E-state index contributed by atoms with van der Waals surface area (Å²) in [4.78, 5) is 4.03. The molecule has 18 heavy (non-hydrogen) atoms. The van der Waals surface area contributed by atoms with Gasteiger partial charge in [0.1, 0.15) is 11.8 Å². The average molecular weight is 241 g/mol. The molecule has 1 aromatic carbocycles. The first-order valence-corrected chi connectivity index (χ1v) is 5.99. The summed E-state index contributed by atoms with van der Waals surface area (Å²) in [5.41, 5.74) is 1.48. The first-order chi connectivity index (χ1) is 8.85. The van der Waals surface area contributed by atoms with Gasteiger partial charge in [-0.1, -0.05) is 0 Å². The van der Waals surface area contributed by atoms with Crippen molar-refractivity contribution in [3.8, 4) is 6.07 Å². The van der Waals surface area contributed by atoms with Crippen molar-refractivity contribution in [3.63, 3.8) is 0 Å². The zero-order chi connectivity index (χ0) is 12.8. The van der Waals surface area contributed by atoms with Gasteiger partial charge in [0.05, 0.1) is 0 Å². The molecule has 0 bridgehead atoms. The number of benzene rings is 1. The largest absolute Gasteiger partial charge is 0.396 e. The average Bonchev–Trinajstić information content (AvgIpc) is 2.42. The van der Waals surface area contributed by atoms with Crippen molar-refractivity contribution >= 4 is 16.5 Å². The lowest BCUT2D eigenvalue weighted by Gasteiger charge is -2.07. The molecule has 2 N–H and O–H groups in total. The highest BCUT2D eigenvalue weighted by Gasteiger charge is 2.02. The van der Waals surface area contributed by atoms with Crippen LogP contribution < -0.4 is 5.32 Å². The molecular weight excluding hydrogens is 226 g/mol. The Bertz CT molecular complexity index is 575. The van der Waals surface area contributed by atoms with E-state index in [1.165, 1.54) is 0 Å². The van der Waals surface area contributed by atoms with Gasteiger partial charge in [-0.05, 0) is 42.5 Å². The number of nitrogens with one attached hydrogen (secondary N) is 1. The highest BCUT2D eigenvalue weighted by atomic mass is 16.2. The third-order valence-corrected chi connectivity index (χ3v) is 2.78. The van der Waals surface area contributed by atoms with E-state index in [4.69, 9.17) is 10.4 Å². The summed E-state index contributed by atoms with van der Waals surface area (Å²) in [5, 5.41) is 22.8. The van der Waals surface area contributed by atoms with Crippen LogP contribution in [0.2, 0.25) is 0 Å². The Labute approximate surface area is 106 Å². The van der Waals surface area contributed by atoms with Crippen molar-refractivity contribution in [2.75, 3.05) is 18.5 Å². The number of nitrogens with zero attached hydrogens (tertiary/aromatic N) is 2. The van der Waals surface area contributed by atoms with Crippen LogP contribution in [-0.4, -0.2) is 23.2 Å². The van der Waals surface area contributed by atoms with Gasteiger partial charge in [-0.25, -0.2) is 4.98 Å². The number of nitriles is 1. The second-order valence-electron chi connectivity index (χ2n) is 4.06. The van der Waals surface area contributed by atoms with Gasteiger partial charge in [0.25, 0.3) is 0 Å². The first-order valence-electron chi connectivity index (χ1n) is 5.99. The molecule has 0 atom stereocenters. The van der Waals surface area contributed by atoms with Gasteiger partial charge in [-0.3, -0.25) is 0 Å². The lowest BCUT2D eigenvalue weighted by atomic mass is 10.1. The minimum absolute atomic E-state index is 0.233. The van der Waals surface area contributed by atoms with Gasteiger partial charge in [-0.15, -0.1) is 0 Å². The van der Waals surface area contributed by atoms with Crippen LogP contribution >= 0.6 is 0 Å². The van der Waals surface area contributed by atoms with E-state index >= 15 is 0 Å². The molecule has 0 aliphatic rings. The van der Waals surface area contributed by atoms with Crippen LogP contribution in [0.1, 0.15) is 18.5 Å². The summed E-state index contributed by atoms with van der Waals surface area (Å²) < 4.78 is 0. The van der Waals surface area contributed by atoms with Crippen molar-refractivity contribution in [1.29, 1.82) is 5.26 Å². The van der Waals surface area contributed by atoms with Crippen LogP contribution in [0.4, 0.5) is 5.69 Å². The van der Waals surface area contributed by atoms with Crippen LogP contribution in [0.3, 0.4) is 0 Å². The zero-order valence-electron chi connectivity index (χ0n) is 10.1. The van der Waals surface area contributed by atoms with Crippen molar-refractivity contribution < 1.29 is 5.11 Å². The lowest BCUT2D eigenvalue weighted by Crippen LogP contribution is -2.02. The maximum Gasteiger partial charge on any atom is 0.148 e. The predicted octanol–water partition coefficient (Wildman–Crippen LogP) is 2.29. The van der Waals surface area contributed by atoms with Crippen molar-refractivity contribution in [3.05, 3.63) is 36.2 Å². The van der Waals surface area contributed by atoms with Gasteiger partial charge in [0, 0.05) is 30.4 Å². The molecule has 2 rings (SSSR count). The number of pyridine rings is 1. The molecule has 4 heteroatoms. The van der Waals surface area contributed by atoms with Gasteiger partial charge < -0.3 is 10.4 Å². The zero-order valence-corrected chi connectivity index (χ0v) is 10.1. The molecular formula is C14H15N3O. The Morgan fingerprint density at radius 3 is 2.94 bits per heavy atom. The molecule has 0 saturated heterocycles. The van der Waals surface area contributed by atoms with E-state index in [9.17, 15) is 0 Å². The van der Waals surface area contributed by atoms with Crippen LogP contribution in [0, 0.1) is 11.3 Å². The van der Waals surface area contributed by atoms with Crippen molar-refractivity contribution in [2.24, 2.45) is 0 Å². The molecule has 0 radical (unpaired) electrons. The fourth-order valence-electron chi connectivity index (χ4n) is 1.85. The Hall–Kier alpha value is -2.12. The minimum Gasteiger partial charge on any atom is -0.396 e. The molecule has 2 aromatic rings. The molecule has 0 fully saturated rings. The molecule has 0 aliphatic carbocycles. The topological polar surface area (TPSA) is 68.9 Å². The molecule has 0 amide bonds. The molecule has 0 spiro atoms. The SMILES string of the molecule is N#Cc1nccc2cc(NCCCCO)ccc12. The second kappa shape index (κ2) is 5.99. The maximum atomic E-state index is 8.95. The van der Waals surface area contributed by atoms with Crippen LogP contribution in [-0.2, 0) is 0 Å². The number of aliphatic hydroxyl groups excluding tert-OH is 1. The lowest BCUT2D eigenvalue weighted by molar-refractivity contribution is 0.286. The fraction of sp³-hybridized carbons (Fsp3) is 0.286. The molecule has 92 valence electrons. The molecule has 1 aromatic heterocycles. The summed E-state index contributed by atoms with van der Waals surface area (Å²) in [6, 6.07) is 9.86. The number of unbranched alkanes of at least 4 members (excludes halogenated alkanes) is 1. The third-order valence-electron chi connectivity index (χ3n) is 2.78. The smallest absolute Gasteiger partial charge is 0.148 e. The van der Waals surface area contributed by atoms with Crippen molar-refractivity contribution in [2.45, 2.75) is 12.8 Å². The van der Waals surface area contributed by atoms with E-state index < -0.39 is 0 Å². The summed E-state index contributed by atoms with van der Waals surface area (Å²) in [6.07, 6.45) is 3.40. The summed E-state index contributed by atoms with van der Waals surface area (Å²) >= 11 is 0. The maximum absolute atomic E-state index is 8.95. The van der Waals surface area contributed by atoms with Crippen LogP contribution in [0.15, 0.2) is 30.5 Å². The number of hydrogen-bond donors (Lipinski definition) is 2. The van der Waals surface area contributed by atoms with Crippen molar-refractivity contribution in [1.82, 2.24) is 4.98 Å². The van der Waals surface area contributed by atoms with E-state index in [1.54, 1.807) is 6.20 Å². The summed E-state index contributed by atoms with van der Waals surface area (Å²) in [7, 11) is 0. The Balaban J connectivity index is 2.16. The van der Waals surface area contributed by atoms with E-state index in [1.807, 2.05) is 24.3 Å². The number of fused-ring (bicyclic) bond motifs is 1. The second-order valence-corrected chi connectivity index (χ2v) is 4.06. The molecule has 1 heterocycles. The monoisotopic (exact) mass is 241 g/mol. The normalized spacial score (nSPS) is 10.2. The van der Waals surface area contributed by atoms with Crippen LogP contribution in [0.5, 0.6) is 0 Å². The van der Waals surface area contributed by atoms with E-state index in [0.29, 0.717) is 5.69 Å². The van der Waals surface area contributed by atoms with Gasteiger partial charge in [-0.2, -0.15) is 5.26 Å². The van der Waals surface area contributed by atoms with Crippen LogP contribution in [0.25, 0.3) is 10.8 Å². The van der Waals surface area contributed by atoms with Gasteiger partial charge in [0.2, 0.25) is 0 Å². The number of aromatic nitrogens is 1. The number of rotatable bonds is 5. The summed E-state index contributed by atoms with van der Waals surface area (Å²) in [5.74, 6) is 0. The van der Waals surface area contributed by atoms with Gasteiger partial charge in [0.15, 0.2) is 0 Å². The Morgan fingerprint density at radius 1 is 1.28 bits per heavy atom. The van der Waals surface area contributed by atoms with E-state index in [-0.39, 0.29) is 6.61 Å². The predicted molar refractivity (Wildman–Crippen MR) is 71.3 cm³/mol. The third kappa shape index (κ3) is 2.76. The molecule has 0 aliphatic heterocycles. The summed E-state index contributed by atoms with van der Waals surface area (Å²) in [6.45, 7) is 1.07. The number of anilines is 1. The molecule has 0 saturated carbocycles. The number of aliphatic hydroxyl groups is 1. The quantitative estimate of drug-likeness (QED) is 0.788. The van der Waals surface area contributed by atoms with E-state index in [0.717, 1.165) is 35.8 Å². The van der Waals surface area contributed by atoms with Gasteiger partial charge >= 0.3 is 0 Å². The fourth-order valence-corrected chi connectivity index (χ4v) is 1.85. The first kappa shape index (κ1) is 12.3.